The molecule has 0 amide bonds. The first kappa shape index (κ1) is 12.9. The Morgan fingerprint density at radius 2 is 1.78 bits per heavy atom. The third kappa shape index (κ3) is 3.45. The van der Waals surface area contributed by atoms with Crippen molar-refractivity contribution in [3.05, 3.63) is 64.4 Å². The first-order chi connectivity index (χ1) is 8.65. The second kappa shape index (κ2) is 5.85. The van der Waals surface area contributed by atoms with Gasteiger partial charge in [0.15, 0.2) is 0 Å². The summed E-state index contributed by atoms with van der Waals surface area (Å²) in [5, 5.41) is 0.382. The topological polar surface area (TPSA) is 35.2 Å². The molecule has 0 fully saturated rings. The van der Waals surface area contributed by atoms with Crippen molar-refractivity contribution < 1.29 is 9.13 Å². The first-order valence-electron chi connectivity index (χ1n) is 5.51. The standard InChI is InChI=1S/C14H13ClFNO/c15-14-7-12(16)4-3-11(14)9-18-8-10-1-5-13(17)6-2-10/h1-7H,8-9,17H2. The lowest BCUT2D eigenvalue weighted by molar-refractivity contribution is 0.107. The third-order valence-electron chi connectivity index (χ3n) is 2.52. The van der Waals surface area contributed by atoms with E-state index < -0.39 is 0 Å². The van der Waals surface area contributed by atoms with Crippen LogP contribution < -0.4 is 5.73 Å². The van der Waals surface area contributed by atoms with Crippen molar-refractivity contribution >= 4 is 17.3 Å². The Kier molecular flexibility index (Phi) is 4.18. The van der Waals surface area contributed by atoms with Crippen molar-refractivity contribution in [3.8, 4) is 0 Å². The smallest absolute Gasteiger partial charge is 0.124 e. The molecule has 0 saturated carbocycles. The van der Waals surface area contributed by atoms with Crippen LogP contribution in [0.25, 0.3) is 0 Å². The van der Waals surface area contributed by atoms with Crippen LogP contribution in [-0.2, 0) is 18.0 Å². The van der Waals surface area contributed by atoms with E-state index in [9.17, 15) is 4.39 Å². The summed E-state index contributed by atoms with van der Waals surface area (Å²) in [6.45, 7) is 0.817. The lowest BCUT2D eigenvalue weighted by Crippen LogP contribution is -1.96. The lowest BCUT2D eigenvalue weighted by Gasteiger charge is -2.06. The Labute approximate surface area is 110 Å². The summed E-state index contributed by atoms with van der Waals surface area (Å²) in [6.07, 6.45) is 0. The van der Waals surface area contributed by atoms with Gasteiger partial charge in [-0.2, -0.15) is 0 Å². The molecule has 0 spiro atoms. The van der Waals surface area contributed by atoms with Gasteiger partial charge in [-0.15, -0.1) is 0 Å². The molecule has 0 atom stereocenters. The van der Waals surface area contributed by atoms with Gasteiger partial charge in [0.25, 0.3) is 0 Å². The summed E-state index contributed by atoms with van der Waals surface area (Å²) in [4.78, 5) is 0. The molecule has 0 heterocycles. The Balaban J connectivity index is 1.90. The number of benzene rings is 2. The highest BCUT2D eigenvalue weighted by atomic mass is 35.5. The predicted molar refractivity (Wildman–Crippen MR) is 70.8 cm³/mol. The van der Waals surface area contributed by atoms with Crippen LogP contribution in [0, 0.1) is 5.82 Å². The van der Waals surface area contributed by atoms with E-state index in [0.29, 0.717) is 18.2 Å². The Morgan fingerprint density at radius 3 is 2.44 bits per heavy atom. The fourth-order valence-corrected chi connectivity index (χ4v) is 1.75. The van der Waals surface area contributed by atoms with E-state index >= 15 is 0 Å². The monoisotopic (exact) mass is 265 g/mol. The zero-order valence-corrected chi connectivity index (χ0v) is 10.5. The molecule has 2 nitrogen and oxygen atoms in total. The van der Waals surface area contributed by atoms with E-state index in [1.165, 1.54) is 12.1 Å². The van der Waals surface area contributed by atoms with Gasteiger partial charge < -0.3 is 10.5 Å². The molecule has 0 radical (unpaired) electrons. The van der Waals surface area contributed by atoms with Crippen LogP contribution in [0.15, 0.2) is 42.5 Å². The molecular formula is C14H13ClFNO. The molecule has 4 heteroatoms. The fourth-order valence-electron chi connectivity index (χ4n) is 1.53. The van der Waals surface area contributed by atoms with Crippen molar-refractivity contribution in [2.24, 2.45) is 0 Å². The Hall–Kier alpha value is -1.58. The van der Waals surface area contributed by atoms with E-state index in [-0.39, 0.29) is 5.82 Å². The summed E-state index contributed by atoms with van der Waals surface area (Å²) in [6, 6.07) is 11.7. The number of ether oxygens (including phenoxy) is 1. The molecule has 2 aromatic carbocycles. The van der Waals surface area contributed by atoms with Crippen LogP contribution in [-0.4, -0.2) is 0 Å². The van der Waals surface area contributed by atoms with Crippen LogP contribution >= 0.6 is 11.6 Å². The van der Waals surface area contributed by atoms with E-state index in [0.717, 1.165) is 16.8 Å². The van der Waals surface area contributed by atoms with Crippen molar-refractivity contribution in [2.45, 2.75) is 13.2 Å². The summed E-state index contributed by atoms with van der Waals surface area (Å²) >= 11 is 5.90. The second-order valence-electron chi connectivity index (χ2n) is 3.97. The van der Waals surface area contributed by atoms with Gasteiger partial charge in [0.1, 0.15) is 5.82 Å². The third-order valence-corrected chi connectivity index (χ3v) is 2.87. The summed E-state index contributed by atoms with van der Waals surface area (Å²) in [5.41, 5.74) is 8.11. The highest BCUT2D eigenvalue weighted by molar-refractivity contribution is 6.31. The van der Waals surface area contributed by atoms with Gasteiger partial charge in [-0.3, -0.25) is 0 Å². The molecule has 18 heavy (non-hydrogen) atoms. The molecule has 2 N–H and O–H groups in total. The summed E-state index contributed by atoms with van der Waals surface area (Å²) in [7, 11) is 0. The maximum Gasteiger partial charge on any atom is 0.124 e. The zero-order chi connectivity index (χ0) is 13.0. The van der Waals surface area contributed by atoms with Gasteiger partial charge in [-0.05, 0) is 35.4 Å². The summed E-state index contributed by atoms with van der Waals surface area (Å²) in [5.74, 6) is -0.345. The number of hydrogen-bond acceptors (Lipinski definition) is 2. The van der Waals surface area contributed by atoms with Gasteiger partial charge in [-0.1, -0.05) is 29.8 Å². The van der Waals surface area contributed by atoms with Crippen LogP contribution in [0.5, 0.6) is 0 Å². The number of hydrogen-bond donors (Lipinski definition) is 1. The zero-order valence-electron chi connectivity index (χ0n) is 9.70. The minimum absolute atomic E-state index is 0.345. The minimum atomic E-state index is -0.345. The van der Waals surface area contributed by atoms with Gasteiger partial charge in [0.05, 0.1) is 13.2 Å². The highest BCUT2D eigenvalue weighted by Crippen LogP contribution is 2.18. The number of rotatable bonds is 4. The highest BCUT2D eigenvalue weighted by Gasteiger charge is 2.02. The van der Waals surface area contributed by atoms with Crippen molar-refractivity contribution in [1.29, 1.82) is 0 Å². The van der Waals surface area contributed by atoms with Gasteiger partial charge in [-0.25, -0.2) is 4.39 Å². The Morgan fingerprint density at radius 1 is 1.06 bits per heavy atom. The molecule has 0 unspecified atom stereocenters. The molecule has 0 bridgehead atoms. The SMILES string of the molecule is Nc1ccc(COCc2ccc(F)cc2Cl)cc1. The molecule has 0 aliphatic heterocycles. The van der Waals surface area contributed by atoms with Crippen LogP contribution in [0.1, 0.15) is 11.1 Å². The van der Waals surface area contributed by atoms with Gasteiger partial charge >= 0.3 is 0 Å². The lowest BCUT2D eigenvalue weighted by atomic mass is 10.2. The maximum absolute atomic E-state index is 12.8. The van der Waals surface area contributed by atoms with E-state index in [2.05, 4.69) is 0 Å². The number of nitrogen functional groups attached to an aromatic ring is 1. The second-order valence-corrected chi connectivity index (χ2v) is 4.38. The first-order valence-corrected chi connectivity index (χ1v) is 5.89. The van der Waals surface area contributed by atoms with Crippen molar-refractivity contribution in [2.75, 3.05) is 5.73 Å². The van der Waals surface area contributed by atoms with Gasteiger partial charge in [0.2, 0.25) is 0 Å². The van der Waals surface area contributed by atoms with Crippen molar-refractivity contribution in [1.82, 2.24) is 0 Å². The molecule has 0 saturated heterocycles. The van der Waals surface area contributed by atoms with E-state index in [1.54, 1.807) is 6.07 Å². The largest absolute Gasteiger partial charge is 0.399 e. The molecular weight excluding hydrogens is 253 g/mol. The fraction of sp³-hybridized carbons (Fsp3) is 0.143. The normalized spacial score (nSPS) is 10.6. The van der Waals surface area contributed by atoms with E-state index in [1.807, 2.05) is 24.3 Å². The van der Waals surface area contributed by atoms with Crippen LogP contribution in [0.4, 0.5) is 10.1 Å². The summed E-state index contributed by atoms with van der Waals surface area (Å²) < 4.78 is 18.4. The quantitative estimate of drug-likeness (QED) is 0.854. The molecule has 94 valence electrons. The average Bonchev–Trinajstić information content (AvgIpc) is 2.34. The number of anilines is 1. The number of nitrogens with two attached hydrogens (primary N) is 1. The molecule has 2 rings (SSSR count). The van der Waals surface area contributed by atoms with Crippen molar-refractivity contribution in [3.63, 3.8) is 0 Å². The molecule has 0 aliphatic carbocycles. The minimum Gasteiger partial charge on any atom is -0.399 e. The Bertz CT molecular complexity index is 528. The maximum atomic E-state index is 12.8. The predicted octanol–water partition coefficient (Wildman–Crippen LogP) is 3.78. The van der Waals surface area contributed by atoms with Crippen LogP contribution in [0.2, 0.25) is 5.02 Å². The molecule has 0 aliphatic rings. The molecule has 0 aromatic heterocycles. The van der Waals surface area contributed by atoms with Gasteiger partial charge in [0, 0.05) is 10.7 Å². The van der Waals surface area contributed by atoms with E-state index in [4.69, 9.17) is 22.1 Å². The molecule has 2 aromatic rings. The number of halogens is 2. The van der Waals surface area contributed by atoms with Crippen LogP contribution in [0.3, 0.4) is 0 Å². The average molecular weight is 266 g/mol.